The molecule has 0 amide bonds. The highest BCUT2D eigenvalue weighted by atomic mass is 16.5. The van der Waals surface area contributed by atoms with Gasteiger partial charge in [0.1, 0.15) is 5.75 Å². The van der Waals surface area contributed by atoms with Gasteiger partial charge in [-0.2, -0.15) is 0 Å². The van der Waals surface area contributed by atoms with Gasteiger partial charge in [-0.15, -0.1) is 5.10 Å². The van der Waals surface area contributed by atoms with E-state index in [1.54, 1.807) is 17.9 Å². The van der Waals surface area contributed by atoms with E-state index in [0.29, 0.717) is 30.4 Å². The topological polar surface area (TPSA) is 88.1 Å². The van der Waals surface area contributed by atoms with Gasteiger partial charge < -0.3 is 15.2 Å². The van der Waals surface area contributed by atoms with Crippen LogP contribution in [-0.4, -0.2) is 40.5 Å². The Bertz CT molecular complexity index is 570. The van der Waals surface area contributed by atoms with Crippen LogP contribution in [0.3, 0.4) is 0 Å². The average molecular weight is 291 g/mol. The molecule has 0 radical (unpaired) electrons. The second kappa shape index (κ2) is 7.58. The number of benzene rings is 1. The quantitative estimate of drug-likeness (QED) is 0.589. The van der Waals surface area contributed by atoms with Crippen LogP contribution < -0.4 is 10.5 Å². The van der Waals surface area contributed by atoms with Gasteiger partial charge in [-0.1, -0.05) is 13.0 Å². The molecular weight excluding hydrogens is 270 g/mol. The number of hydrogen-bond acceptors (Lipinski definition) is 6. The molecule has 1 aromatic heterocycles. The van der Waals surface area contributed by atoms with Gasteiger partial charge in [0.2, 0.25) is 0 Å². The number of nitrogens with zero attached hydrogens (tertiary/aromatic N) is 4. The molecule has 0 bridgehead atoms. The molecule has 0 aliphatic heterocycles. The molecule has 1 heterocycles. The Morgan fingerprint density at radius 1 is 1.29 bits per heavy atom. The van der Waals surface area contributed by atoms with Crippen molar-refractivity contribution in [3.8, 4) is 17.1 Å². The van der Waals surface area contributed by atoms with Crippen molar-refractivity contribution in [1.82, 2.24) is 20.2 Å². The van der Waals surface area contributed by atoms with Gasteiger partial charge in [-0.3, -0.25) is 0 Å². The van der Waals surface area contributed by atoms with Crippen LogP contribution in [0.2, 0.25) is 0 Å². The lowest BCUT2D eigenvalue weighted by atomic mass is 10.1. The van der Waals surface area contributed by atoms with Crippen LogP contribution in [0.4, 0.5) is 5.69 Å². The molecule has 1 aromatic carbocycles. The van der Waals surface area contributed by atoms with Crippen molar-refractivity contribution in [2.24, 2.45) is 0 Å². The molecule has 2 N–H and O–H groups in total. The molecule has 0 aliphatic rings. The molecule has 0 aliphatic carbocycles. The summed E-state index contributed by atoms with van der Waals surface area (Å²) < 4.78 is 12.5. The first-order valence-electron chi connectivity index (χ1n) is 7.04. The molecule has 0 spiro atoms. The van der Waals surface area contributed by atoms with Crippen molar-refractivity contribution in [2.45, 2.75) is 26.3 Å². The predicted molar refractivity (Wildman–Crippen MR) is 79.9 cm³/mol. The third kappa shape index (κ3) is 3.69. The van der Waals surface area contributed by atoms with Crippen molar-refractivity contribution in [1.29, 1.82) is 0 Å². The molecule has 0 fully saturated rings. The van der Waals surface area contributed by atoms with Gasteiger partial charge in [0.05, 0.1) is 12.7 Å². The summed E-state index contributed by atoms with van der Waals surface area (Å²) >= 11 is 0. The van der Waals surface area contributed by atoms with E-state index in [9.17, 15) is 0 Å². The van der Waals surface area contributed by atoms with E-state index < -0.39 is 0 Å². The number of tetrazole rings is 1. The maximum absolute atomic E-state index is 6.04. The van der Waals surface area contributed by atoms with Gasteiger partial charge in [0.15, 0.2) is 5.82 Å². The lowest BCUT2D eigenvalue weighted by Gasteiger charge is -2.11. The van der Waals surface area contributed by atoms with E-state index in [4.69, 9.17) is 15.2 Å². The minimum absolute atomic E-state index is 0.590. The van der Waals surface area contributed by atoms with E-state index in [2.05, 4.69) is 22.4 Å². The smallest absolute Gasteiger partial charge is 0.187 e. The fraction of sp³-hybridized carbons (Fsp3) is 0.500. The fourth-order valence-corrected chi connectivity index (χ4v) is 2.05. The molecule has 7 nitrogen and oxygen atoms in total. The first-order chi connectivity index (χ1) is 10.3. The van der Waals surface area contributed by atoms with E-state index in [-0.39, 0.29) is 0 Å². The van der Waals surface area contributed by atoms with E-state index >= 15 is 0 Å². The minimum atomic E-state index is 0.590. The summed E-state index contributed by atoms with van der Waals surface area (Å²) in [5, 5.41) is 11.8. The van der Waals surface area contributed by atoms with Gasteiger partial charge in [-0.25, -0.2) is 4.68 Å². The molecule has 2 rings (SSSR count). The zero-order chi connectivity index (χ0) is 15.1. The van der Waals surface area contributed by atoms with E-state index in [1.165, 1.54) is 0 Å². The van der Waals surface area contributed by atoms with Crippen molar-refractivity contribution < 1.29 is 9.47 Å². The number of hydrogen-bond donors (Lipinski definition) is 1. The number of aryl methyl sites for hydroxylation is 1. The maximum atomic E-state index is 6.04. The predicted octanol–water partition coefficient (Wildman–Crippen LogP) is 1.75. The maximum Gasteiger partial charge on any atom is 0.187 e. The first-order valence-corrected chi connectivity index (χ1v) is 7.04. The highest BCUT2D eigenvalue weighted by molar-refractivity contribution is 5.77. The Hall–Kier alpha value is -2.15. The van der Waals surface area contributed by atoms with Gasteiger partial charge in [-0.05, 0) is 35.4 Å². The Balaban J connectivity index is 2.13. The largest absolute Gasteiger partial charge is 0.496 e. The molecule has 0 unspecified atom stereocenters. The van der Waals surface area contributed by atoms with E-state index in [1.807, 2.05) is 12.1 Å². The van der Waals surface area contributed by atoms with Crippen LogP contribution in [0.15, 0.2) is 18.2 Å². The fourth-order valence-electron chi connectivity index (χ4n) is 2.05. The van der Waals surface area contributed by atoms with Gasteiger partial charge in [0.25, 0.3) is 0 Å². The highest BCUT2D eigenvalue weighted by Crippen LogP contribution is 2.33. The summed E-state index contributed by atoms with van der Waals surface area (Å²) in [4.78, 5) is 0. The van der Waals surface area contributed by atoms with Crippen molar-refractivity contribution in [3.63, 3.8) is 0 Å². The summed E-state index contributed by atoms with van der Waals surface area (Å²) in [6, 6.07) is 5.49. The molecule has 114 valence electrons. The Kier molecular flexibility index (Phi) is 5.51. The SMILES string of the molecule is CCCOCCCn1nnnc1-c1c(N)cccc1OC. The van der Waals surface area contributed by atoms with Gasteiger partial charge >= 0.3 is 0 Å². The number of nitrogen functional groups attached to an aromatic ring is 1. The Labute approximate surface area is 124 Å². The third-order valence-electron chi connectivity index (χ3n) is 3.04. The molecule has 7 heteroatoms. The summed E-state index contributed by atoms with van der Waals surface area (Å²) in [6.07, 6.45) is 1.86. The summed E-state index contributed by atoms with van der Waals surface area (Å²) in [5.41, 5.74) is 7.35. The zero-order valence-corrected chi connectivity index (χ0v) is 12.5. The van der Waals surface area contributed by atoms with Crippen LogP contribution in [0.25, 0.3) is 11.4 Å². The number of rotatable bonds is 8. The van der Waals surface area contributed by atoms with Crippen molar-refractivity contribution in [2.75, 3.05) is 26.1 Å². The normalized spacial score (nSPS) is 10.8. The monoisotopic (exact) mass is 291 g/mol. The Morgan fingerprint density at radius 2 is 2.14 bits per heavy atom. The van der Waals surface area contributed by atoms with E-state index in [0.717, 1.165) is 25.0 Å². The van der Waals surface area contributed by atoms with Crippen LogP contribution in [0.5, 0.6) is 5.75 Å². The second-order valence-corrected chi connectivity index (χ2v) is 4.62. The summed E-state index contributed by atoms with van der Waals surface area (Å²) in [6.45, 7) is 4.23. The summed E-state index contributed by atoms with van der Waals surface area (Å²) in [5.74, 6) is 1.27. The third-order valence-corrected chi connectivity index (χ3v) is 3.04. The minimum Gasteiger partial charge on any atom is -0.496 e. The highest BCUT2D eigenvalue weighted by Gasteiger charge is 2.16. The first kappa shape index (κ1) is 15.2. The number of methoxy groups -OCH3 is 1. The number of aromatic nitrogens is 4. The molecule has 21 heavy (non-hydrogen) atoms. The van der Waals surface area contributed by atoms with Gasteiger partial charge in [0, 0.05) is 25.4 Å². The molecule has 0 saturated heterocycles. The average Bonchev–Trinajstić information content (AvgIpc) is 2.94. The summed E-state index contributed by atoms with van der Waals surface area (Å²) in [7, 11) is 1.60. The van der Waals surface area contributed by atoms with Crippen LogP contribution in [-0.2, 0) is 11.3 Å². The van der Waals surface area contributed by atoms with Crippen LogP contribution >= 0.6 is 0 Å². The Morgan fingerprint density at radius 3 is 2.90 bits per heavy atom. The van der Waals surface area contributed by atoms with Crippen molar-refractivity contribution >= 4 is 5.69 Å². The molecule has 0 atom stereocenters. The molecular formula is C14H21N5O2. The number of nitrogens with two attached hydrogens (primary N) is 1. The second-order valence-electron chi connectivity index (χ2n) is 4.62. The number of anilines is 1. The zero-order valence-electron chi connectivity index (χ0n) is 12.5. The molecule has 0 saturated carbocycles. The van der Waals surface area contributed by atoms with Crippen LogP contribution in [0.1, 0.15) is 19.8 Å². The number of ether oxygens (including phenoxy) is 2. The molecule has 2 aromatic rings. The lowest BCUT2D eigenvalue weighted by molar-refractivity contribution is 0.128. The van der Waals surface area contributed by atoms with Crippen LogP contribution in [0, 0.1) is 0 Å². The lowest BCUT2D eigenvalue weighted by Crippen LogP contribution is -2.08. The standard InChI is InChI=1S/C14H21N5O2/c1-3-9-21-10-5-8-19-14(16-17-18-19)13-11(15)6-4-7-12(13)20-2/h4,6-7H,3,5,8-10,15H2,1-2H3. The van der Waals surface area contributed by atoms with Crippen molar-refractivity contribution in [3.05, 3.63) is 18.2 Å².